The van der Waals surface area contributed by atoms with E-state index >= 15 is 0 Å². The van der Waals surface area contributed by atoms with E-state index in [-0.39, 0.29) is 0 Å². The molecule has 2 rings (SSSR count). The summed E-state index contributed by atoms with van der Waals surface area (Å²) >= 11 is 5.33. The van der Waals surface area contributed by atoms with Gasteiger partial charge in [-0.1, -0.05) is 0 Å². The van der Waals surface area contributed by atoms with E-state index in [9.17, 15) is 0 Å². The first-order chi connectivity index (χ1) is 5.95. The van der Waals surface area contributed by atoms with Crippen LogP contribution < -0.4 is 0 Å². The maximum absolute atomic E-state index is 2.19. The Balaban J connectivity index is 1.31. The van der Waals surface area contributed by atoms with Gasteiger partial charge in [-0.15, -0.1) is 0 Å². The van der Waals surface area contributed by atoms with Gasteiger partial charge in [0.1, 0.15) is 0 Å². The first-order valence-electron chi connectivity index (χ1n) is 4.34. The Morgan fingerprint density at radius 2 is 1.33 bits per heavy atom. The summed E-state index contributed by atoms with van der Waals surface area (Å²) in [6.45, 7) is 0. The van der Waals surface area contributed by atoms with Crippen LogP contribution in [-0.4, -0.2) is 63.9 Å². The summed E-state index contributed by atoms with van der Waals surface area (Å²) in [5.41, 5.74) is 0. The van der Waals surface area contributed by atoms with Gasteiger partial charge < -0.3 is 0 Å². The normalized spacial score (nSPS) is 32.0. The predicted octanol–water partition coefficient (Wildman–Crippen LogP) is 2.30. The molecule has 0 bridgehead atoms. The van der Waals surface area contributed by atoms with Crippen LogP contribution in [0.1, 0.15) is 0 Å². The monoisotopic (exact) mass is 434 g/mol. The summed E-state index contributed by atoms with van der Waals surface area (Å²) in [5.74, 6) is 3.00. The molecule has 0 spiro atoms. The van der Waals surface area contributed by atoms with Crippen molar-refractivity contribution in [1.82, 2.24) is 0 Å². The van der Waals surface area contributed by atoms with Gasteiger partial charge in [0, 0.05) is 0 Å². The van der Waals surface area contributed by atoms with Crippen LogP contribution >= 0.6 is 23.5 Å². The molecule has 0 aliphatic carbocycles. The molecule has 2 fully saturated rings. The van der Waals surface area contributed by atoms with Crippen LogP contribution in [0.4, 0.5) is 0 Å². The second-order valence-electron chi connectivity index (χ2n) is 3.06. The van der Waals surface area contributed by atoms with E-state index < -0.39 is 0 Å². The van der Waals surface area contributed by atoms with Crippen LogP contribution in [-0.2, 0) is 0 Å². The second kappa shape index (κ2) is 5.99. The Bertz CT molecular complexity index is 119. The van der Waals surface area contributed by atoms with Crippen molar-refractivity contribution >= 4 is 65.4 Å². The van der Waals surface area contributed by atoms with E-state index in [1.54, 1.807) is 17.9 Å². The third kappa shape index (κ3) is 5.23. The third-order valence-electron chi connectivity index (χ3n) is 1.78. The summed E-state index contributed by atoms with van der Waals surface area (Å²) in [6.07, 6.45) is 0. The third-order valence-corrected chi connectivity index (χ3v) is 14.0. The van der Waals surface area contributed by atoms with Crippen LogP contribution in [0.15, 0.2) is 0 Å². The Hall–Kier alpha value is 2.28. The van der Waals surface area contributed by atoms with Crippen molar-refractivity contribution in [3.63, 3.8) is 0 Å². The SMILES string of the molecule is C(C[Te]CC1CS1)[Te]CC1CS1. The molecule has 2 aliphatic heterocycles. The topological polar surface area (TPSA) is 0 Å². The van der Waals surface area contributed by atoms with Gasteiger partial charge in [-0.25, -0.2) is 0 Å². The van der Waals surface area contributed by atoms with Crippen molar-refractivity contribution in [2.45, 2.75) is 28.4 Å². The van der Waals surface area contributed by atoms with E-state index in [0.29, 0.717) is 41.8 Å². The van der Waals surface area contributed by atoms with E-state index in [2.05, 4.69) is 23.5 Å². The van der Waals surface area contributed by atoms with E-state index in [1.807, 2.05) is 0 Å². The molecule has 2 atom stereocenters. The molecule has 70 valence electrons. The molecule has 0 amide bonds. The van der Waals surface area contributed by atoms with E-state index in [0.717, 1.165) is 10.5 Å². The molecule has 0 aromatic rings. The minimum absolute atomic E-state index is 0.478. The molecule has 0 aromatic carbocycles. The summed E-state index contributed by atoms with van der Waals surface area (Å²) in [6, 6.07) is 0. The summed E-state index contributed by atoms with van der Waals surface area (Å²) < 4.78 is 6.67. The number of hydrogen-bond donors (Lipinski definition) is 0. The van der Waals surface area contributed by atoms with Gasteiger partial charge in [-0.05, 0) is 0 Å². The molecule has 2 unspecified atom stereocenters. The van der Waals surface area contributed by atoms with Crippen molar-refractivity contribution in [1.29, 1.82) is 0 Å². The average molecular weight is 430 g/mol. The molecule has 0 nitrogen and oxygen atoms in total. The van der Waals surface area contributed by atoms with Crippen LogP contribution in [0.3, 0.4) is 0 Å². The van der Waals surface area contributed by atoms with Crippen LogP contribution in [0.25, 0.3) is 0 Å². The molecule has 0 saturated carbocycles. The fraction of sp³-hybridized carbons (Fsp3) is 1.00. The molecule has 4 heteroatoms. The fourth-order valence-electron chi connectivity index (χ4n) is 0.876. The molecule has 12 heavy (non-hydrogen) atoms. The Kier molecular flexibility index (Phi) is 5.39. The first-order valence-corrected chi connectivity index (χ1v) is 13.0. The van der Waals surface area contributed by atoms with Crippen molar-refractivity contribution < 1.29 is 0 Å². The Morgan fingerprint density at radius 1 is 0.917 bits per heavy atom. The van der Waals surface area contributed by atoms with Crippen molar-refractivity contribution in [3.8, 4) is 0 Å². The van der Waals surface area contributed by atoms with Crippen LogP contribution in [0.5, 0.6) is 0 Å². The quantitative estimate of drug-likeness (QED) is 0.346. The van der Waals surface area contributed by atoms with Gasteiger partial charge in [0.15, 0.2) is 0 Å². The first kappa shape index (κ1) is 10.8. The summed E-state index contributed by atoms with van der Waals surface area (Å²) in [5, 5.41) is 2.29. The molecular formula is C8H14S2Te2. The van der Waals surface area contributed by atoms with E-state index in [1.165, 1.54) is 11.5 Å². The van der Waals surface area contributed by atoms with E-state index in [4.69, 9.17) is 0 Å². The summed E-state index contributed by atoms with van der Waals surface area (Å²) in [7, 11) is 0. The van der Waals surface area contributed by atoms with Gasteiger partial charge in [-0.3, -0.25) is 0 Å². The van der Waals surface area contributed by atoms with Gasteiger partial charge in [-0.2, -0.15) is 0 Å². The van der Waals surface area contributed by atoms with Crippen molar-refractivity contribution in [3.05, 3.63) is 0 Å². The van der Waals surface area contributed by atoms with Crippen LogP contribution in [0, 0.1) is 0 Å². The van der Waals surface area contributed by atoms with Gasteiger partial charge in [0.05, 0.1) is 0 Å². The zero-order valence-electron chi connectivity index (χ0n) is 7.03. The van der Waals surface area contributed by atoms with Crippen LogP contribution in [0.2, 0.25) is 17.9 Å². The summed E-state index contributed by atoms with van der Waals surface area (Å²) in [4.78, 5) is 0. The number of thioether (sulfide) groups is 2. The molecule has 2 aliphatic rings. The standard InChI is InChI=1S/C8H14S2Te2/c1(11-5-7-3-9-7)2-12-6-8-4-10-8/h7-8H,1-6H2. The molecule has 0 aromatic heterocycles. The Labute approximate surface area is 104 Å². The number of rotatable bonds is 7. The van der Waals surface area contributed by atoms with Gasteiger partial charge in [0.2, 0.25) is 0 Å². The second-order valence-corrected chi connectivity index (χ2v) is 12.3. The zero-order chi connectivity index (χ0) is 8.23. The molecule has 2 heterocycles. The Morgan fingerprint density at radius 3 is 1.67 bits per heavy atom. The maximum atomic E-state index is 2.19. The molecular weight excluding hydrogens is 415 g/mol. The number of hydrogen-bond acceptors (Lipinski definition) is 2. The predicted molar refractivity (Wildman–Crippen MR) is 63.2 cm³/mol. The zero-order valence-corrected chi connectivity index (χ0v) is 13.3. The average Bonchev–Trinajstić information content (AvgIpc) is 2.89. The molecule has 0 N–H and O–H groups in total. The van der Waals surface area contributed by atoms with Gasteiger partial charge in [0.25, 0.3) is 0 Å². The van der Waals surface area contributed by atoms with Crippen molar-refractivity contribution in [2.24, 2.45) is 0 Å². The van der Waals surface area contributed by atoms with Crippen molar-refractivity contribution in [2.75, 3.05) is 11.5 Å². The molecule has 2 saturated heterocycles. The fourth-order valence-corrected chi connectivity index (χ4v) is 13.8. The van der Waals surface area contributed by atoms with Gasteiger partial charge >= 0.3 is 105 Å². The minimum atomic E-state index is 0.478. The molecule has 0 radical (unpaired) electrons.